The van der Waals surface area contributed by atoms with Crippen LogP contribution in [-0.2, 0) is 5.41 Å². The first kappa shape index (κ1) is 14.1. The van der Waals surface area contributed by atoms with Gasteiger partial charge < -0.3 is 11.1 Å². The fourth-order valence-corrected chi connectivity index (χ4v) is 3.55. The predicted molar refractivity (Wildman–Crippen MR) is 87.0 cm³/mol. The van der Waals surface area contributed by atoms with Crippen molar-refractivity contribution >= 4 is 5.82 Å². The van der Waals surface area contributed by atoms with Gasteiger partial charge in [0.25, 0.3) is 0 Å². The highest BCUT2D eigenvalue weighted by Gasteiger charge is 2.46. The third-order valence-electron chi connectivity index (χ3n) is 4.74. The lowest BCUT2D eigenvalue weighted by atomic mass is 9.58. The molecule has 0 radical (unpaired) electrons. The van der Waals surface area contributed by atoms with Crippen LogP contribution < -0.4 is 11.1 Å². The van der Waals surface area contributed by atoms with Crippen molar-refractivity contribution in [3.63, 3.8) is 0 Å². The zero-order chi connectivity index (χ0) is 14.7. The largest absolute Gasteiger partial charge is 0.383 e. The Hall–Kier alpha value is -1.87. The van der Waals surface area contributed by atoms with Gasteiger partial charge in [0, 0.05) is 23.2 Å². The second-order valence-electron chi connectivity index (χ2n) is 5.84. The Balaban J connectivity index is 2.05. The van der Waals surface area contributed by atoms with Crippen molar-refractivity contribution in [3.8, 4) is 0 Å². The molecule has 21 heavy (non-hydrogen) atoms. The van der Waals surface area contributed by atoms with Gasteiger partial charge in [0.05, 0.1) is 0 Å². The summed E-state index contributed by atoms with van der Waals surface area (Å²) in [7, 11) is 0. The van der Waals surface area contributed by atoms with Gasteiger partial charge in [0.1, 0.15) is 5.82 Å². The van der Waals surface area contributed by atoms with E-state index in [1.807, 2.05) is 6.07 Å². The molecule has 1 fully saturated rings. The SMILES string of the molecule is CCNC(c1cccnc1N)C1(c2ccccc2)CCC1. The van der Waals surface area contributed by atoms with Crippen LogP contribution in [0.5, 0.6) is 0 Å². The standard InChI is InChI=1S/C18H23N3/c1-2-20-16(15-10-6-13-21-17(15)19)18(11-7-12-18)14-8-4-3-5-9-14/h3-6,8-10,13,16,20H,2,7,11-12H2,1H3,(H2,19,21). The zero-order valence-corrected chi connectivity index (χ0v) is 12.5. The number of nitrogens with one attached hydrogen (secondary N) is 1. The second kappa shape index (κ2) is 5.86. The maximum atomic E-state index is 6.15. The van der Waals surface area contributed by atoms with Crippen molar-refractivity contribution in [2.45, 2.75) is 37.6 Å². The molecule has 1 aliphatic rings. The van der Waals surface area contributed by atoms with Crippen molar-refractivity contribution < 1.29 is 0 Å². The molecular formula is C18H23N3. The highest BCUT2D eigenvalue weighted by atomic mass is 15.0. The molecule has 0 aliphatic heterocycles. The lowest BCUT2D eigenvalue weighted by Crippen LogP contribution is -2.47. The molecule has 1 saturated carbocycles. The van der Waals surface area contributed by atoms with E-state index in [4.69, 9.17) is 5.73 Å². The van der Waals surface area contributed by atoms with Gasteiger partial charge in [-0.25, -0.2) is 4.98 Å². The van der Waals surface area contributed by atoms with Crippen molar-refractivity contribution in [2.24, 2.45) is 0 Å². The van der Waals surface area contributed by atoms with Gasteiger partial charge in [-0.2, -0.15) is 0 Å². The van der Waals surface area contributed by atoms with E-state index in [0.717, 1.165) is 12.1 Å². The summed E-state index contributed by atoms with van der Waals surface area (Å²) >= 11 is 0. The molecule has 3 nitrogen and oxygen atoms in total. The molecule has 1 unspecified atom stereocenters. The summed E-state index contributed by atoms with van der Waals surface area (Å²) in [5.41, 5.74) is 8.84. The highest BCUT2D eigenvalue weighted by Crippen LogP contribution is 2.52. The molecule has 3 N–H and O–H groups in total. The van der Waals surface area contributed by atoms with Crippen LogP contribution in [0.2, 0.25) is 0 Å². The highest BCUT2D eigenvalue weighted by molar-refractivity contribution is 5.45. The Morgan fingerprint density at radius 2 is 1.95 bits per heavy atom. The van der Waals surface area contributed by atoms with E-state index in [-0.39, 0.29) is 11.5 Å². The Labute approximate surface area is 126 Å². The van der Waals surface area contributed by atoms with Crippen LogP contribution in [0.25, 0.3) is 0 Å². The van der Waals surface area contributed by atoms with Crippen molar-refractivity contribution in [1.29, 1.82) is 0 Å². The van der Waals surface area contributed by atoms with E-state index in [1.54, 1.807) is 6.20 Å². The number of nitrogens with zero attached hydrogens (tertiary/aromatic N) is 1. The lowest BCUT2D eigenvalue weighted by molar-refractivity contribution is 0.171. The summed E-state index contributed by atoms with van der Waals surface area (Å²) in [5, 5.41) is 3.66. The van der Waals surface area contributed by atoms with E-state index in [0.29, 0.717) is 5.82 Å². The normalized spacial score (nSPS) is 18.0. The number of aromatic nitrogens is 1. The van der Waals surface area contributed by atoms with E-state index >= 15 is 0 Å². The van der Waals surface area contributed by atoms with Gasteiger partial charge in [0.2, 0.25) is 0 Å². The lowest BCUT2D eigenvalue weighted by Gasteiger charge is -2.49. The fraction of sp³-hybridized carbons (Fsp3) is 0.389. The number of benzene rings is 1. The number of hydrogen-bond donors (Lipinski definition) is 2. The first-order valence-electron chi connectivity index (χ1n) is 7.77. The topological polar surface area (TPSA) is 50.9 Å². The van der Waals surface area contributed by atoms with Crippen molar-refractivity contribution in [3.05, 3.63) is 59.8 Å². The monoisotopic (exact) mass is 281 g/mol. The molecular weight excluding hydrogens is 258 g/mol. The number of rotatable bonds is 5. The maximum Gasteiger partial charge on any atom is 0.128 e. The van der Waals surface area contributed by atoms with E-state index < -0.39 is 0 Å². The Morgan fingerprint density at radius 1 is 1.19 bits per heavy atom. The fourth-order valence-electron chi connectivity index (χ4n) is 3.55. The van der Waals surface area contributed by atoms with Crippen molar-refractivity contribution in [1.82, 2.24) is 10.3 Å². The van der Waals surface area contributed by atoms with Crippen LogP contribution in [0.15, 0.2) is 48.7 Å². The second-order valence-corrected chi connectivity index (χ2v) is 5.84. The minimum Gasteiger partial charge on any atom is -0.383 e. The molecule has 0 spiro atoms. The summed E-state index contributed by atoms with van der Waals surface area (Å²) in [5.74, 6) is 0.644. The van der Waals surface area contributed by atoms with Gasteiger partial charge in [-0.1, -0.05) is 49.7 Å². The van der Waals surface area contributed by atoms with Gasteiger partial charge in [-0.15, -0.1) is 0 Å². The molecule has 110 valence electrons. The van der Waals surface area contributed by atoms with Crippen LogP contribution in [-0.4, -0.2) is 11.5 Å². The molecule has 1 aromatic heterocycles. The number of pyridine rings is 1. The minimum absolute atomic E-state index is 0.147. The Bertz CT molecular complexity index is 590. The van der Waals surface area contributed by atoms with E-state index in [9.17, 15) is 0 Å². The summed E-state index contributed by atoms with van der Waals surface area (Å²) in [6, 6.07) is 15.2. The van der Waals surface area contributed by atoms with Gasteiger partial charge in [-0.05, 0) is 31.0 Å². The van der Waals surface area contributed by atoms with Crippen LogP contribution in [0.1, 0.15) is 43.4 Å². The van der Waals surface area contributed by atoms with Gasteiger partial charge >= 0.3 is 0 Å². The number of likely N-dealkylation sites (N-methyl/N-ethyl adjacent to an activating group) is 1. The quantitative estimate of drug-likeness (QED) is 0.882. The number of nitrogen functional groups attached to an aromatic ring is 1. The molecule has 3 rings (SSSR count). The maximum absolute atomic E-state index is 6.15. The average molecular weight is 281 g/mol. The first-order valence-corrected chi connectivity index (χ1v) is 7.77. The molecule has 1 aromatic carbocycles. The summed E-state index contributed by atoms with van der Waals surface area (Å²) in [4.78, 5) is 4.29. The van der Waals surface area contributed by atoms with Gasteiger partial charge in [0.15, 0.2) is 0 Å². The van der Waals surface area contributed by atoms with Crippen molar-refractivity contribution in [2.75, 3.05) is 12.3 Å². The summed E-state index contributed by atoms with van der Waals surface area (Å²) < 4.78 is 0. The molecule has 1 atom stereocenters. The van der Waals surface area contributed by atoms with Gasteiger partial charge in [-0.3, -0.25) is 0 Å². The number of anilines is 1. The van der Waals surface area contributed by atoms with Crippen LogP contribution in [0.3, 0.4) is 0 Å². The molecule has 1 aliphatic carbocycles. The Kier molecular flexibility index (Phi) is 3.93. The molecule has 2 aromatic rings. The average Bonchev–Trinajstić information content (AvgIpc) is 2.47. The van der Waals surface area contributed by atoms with Crippen LogP contribution >= 0.6 is 0 Å². The summed E-state index contributed by atoms with van der Waals surface area (Å²) in [6.07, 6.45) is 5.43. The summed E-state index contributed by atoms with van der Waals surface area (Å²) in [6.45, 7) is 3.07. The zero-order valence-electron chi connectivity index (χ0n) is 12.5. The molecule has 0 saturated heterocycles. The van der Waals surface area contributed by atoms with Crippen LogP contribution in [0.4, 0.5) is 5.82 Å². The molecule has 1 heterocycles. The first-order chi connectivity index (χ1) is 10.3. The van der Waals surface area contributed by atoms with Crippen LogP contribution in [0, 0.1) is 0 Å². The smallest absolute Gasteiger partial charge is 0.128 e. The Morgan fingerprint density at radius 3 is 2.52 bits per heavy atom. The minimum atomic E-state index is 0.147. The third kappa shape index (κ3) is 2.42. The third-order valence-corrected chi connectivity index (χ3v) is 4.74. The van der Waals surface area contributed by atoms with E-state index in [1.165, 1.54) is 24.8 Å². The number of nitrogens with two attached hydrogens (primary N) is 1. The predicted octanol–water partition coefficient (Wildman–Crippen LogP) is 3.44. The molecule has 0 amide bonds. The number of hydrogen-bond acceptors (Lipinski definition) is 3. The van der Waals surface area contributed by atoms with E-state index in [2.05, 4.69) is 53.6 Å². The molecule has 3 heteroatoms. The molecule has 0 bridgehead atoms.